The van der Waals surface area contributed by atoms with Crippen LogP contribution in [0.3, 0.4) is 0 Å². The second-order valence-corrected chi connectivity index (χ2v) is 15.3. The van der Waals surface area contributed by atoms with Crippen LogP contribution in [0, 0.1) is 0 Å². The van der Waals surface area contributed by atoms with Gasteiger partial charge in [-0.25, -0.2) is 8.42 Å². The van der Waals surface area contributed by atoms with Crippen molar-refractivity contribution in [3.8, 4) is 11.5 Å². The number of rotatable bonds is 9. The normalized spacial score (nSPS) is 13.3. The first-order chi connectivity index (χ1) is 24.8. The Hall–Kier alpha value is -5.60. The van der Waals surface area contributed by atoms with Gasteiger partial charge >= 0.3 is 5.71 Å². The van der Waals surface area contributed by atoms with Crippen molar-refractivity contribution in [2.45, 2.75) is 53.1 Å². The Labute approximate surface area is 320 Å². The second kappa shape index (κ2) is 17.5. The fourth-order valence-corrected chi connectivity index (χ4v) is 7.35. The van der Waals surface area contributed by atoms with E-state index in [1.165, 1.54) is 33.9 Å². The molecule has 1 aliphatic carbocycles. The Balaban J connectivity index is 0.000000348. The lowest BCUT2D eigenvalue weighted by Crippen LogP contribution is -2.26. The second-order valence-electron chi connectivity index (χ2n) is 13.3. The van der Waals surface area contributed by atoms with Gasteiger partial charge in [0.2, 0.25) is 0 Å². The molecule has 0 fully saturated rings. The van der Waals surface area contributed by atoms with Crippen molar-refractivity contribution < 1.29 is 32.6 Å². The van der Waals surface area contributed by atoms with Crippen LogP contribution in [0.15, 0.2) is 127 Å². The van der Waals surface area contributed by atoms with Crippen LogP contribution < -0.4 is 9.47 Å². The molecular formula is C45H50N2O6S. The molecule has 9 heteroatoms. The van der Waals surface area contributed by atoms with E-state index in [0.29, 0.717) is 5.56 Å². The highest BCUT2D eigenvalue weighted by atomic mass is 32.2. The van der Waals surface area contributed by atoms with Crippen LogP contribution in [0.1, 0.15) is 84.9 Å². The van der Waals surface area contributed by atoms with Crippen LogP contribution in [0.2, 0.25) is 0 Å². The lowest BCUT2D eigenvalue weighted by Gasteiger charge is -2.33. The number of ketones is 1. The molecule has 5 aromatic carbocycles. The summed E-state index contributed by atoms with van der Waals surface area (Å²) in [5.41, 5.74) is 15.4. The average Bonchev–Trinajstić information content (AvgIpc) is 3.17. The summed E-state index contributed by atoms with van der Waals surface area (Å²) in [5, 5.41) is 9.53. The predicted octanol–water partition coefficient (Wildman–Crippen LogP) is 9.09. The van der Waals surface area contributed by atoms with Gasteiger partial charge in [0.05, 0.1) is 31.8 Å². The van der Waals surface area contributed by atoms with Gasteiger partial charge in [-0.2, -0.15) is 4.79 Å². The summed E-state index contributed by atoms with van der Waals surface area (Å²) < 4.78 is 33.9. The molecule has 0 radical (unpaired) electrons. The molecule has 0 aliphatic heterocycles. The fraction of sp³-hybridized carbons (Fsp3) is 0.244. The molecule has 0 bridgehead atoms. The Kier molecular flexibility index (Phi) is 13.9. The number of nitrogens with zero attached hydrogens (tertiary/aromatic N) is 2. The standard InChI is InChI=1S/C32H34O3.C11H8N2O3S.2CH4/c1-31(2,25-14-18-29(34-4)19-15-25)24-10-12-27(13-11-24)32(3,26-8-6-23(22-33)7-9-26)28-16-20-30(35-5)21-17-28;1-17(15,16)10-6-9(13-12)11(14)8-5-3-2-4-7(8)10;;/h6-21,33H,22H2,1-5H3;2-6H,1H3;2*1H4. The third kappa shape index (κ3) is 8.61. The lowest BCUT2D eigenvalue weighted by molar-refractivity contribution is -0.00437. The van der Waals surface area contributed by atoms with E-state index in [1.54, 1.807) is 32.4 Å². The van der Waals surface area contributed by atoms with E-state index >= 15 is 0 Å². The largest absolute Gasteiger partial charge is 0.497 e. The number of methoxy groups -OCH3 is 2. The number of sulfone groups is 1. The van der Waals surface area contributed by atoms with Crippen molar-refractivity contribution in [2.75, 3.05) is 20.5 Å². The molecule has 6 rings (SSSR count). The van der Waals surface area contributed by atoms with Gasteiger partial charge in [0.15, 0.2) is 9.84 Å². The zero-order valence-corrected chi connectivity index (χ0v) is 30.9. The molecule has 0 aromatic heterocycles. The number of carbonyl (C=O) groups excluding carboxylic acids is 1. The summed E-state index contributed by atoms with van der Waals surface area (Å²) >= 11 is 0. The van der Waals surface area contributed by atoms with E-state index in [2.05, 4.69) is 86.2 Å². The van der Waals surface area contributed by atoms with Crippen LogP contribution >= 0.6 is 0 Å². The number of allylic oxidation sites excluding steroid dienone is 1. The Morgan fingerprint density at radius 2 is 1.04 bits per heavy atom. The molecule has 282 valence electrons. The number of carbonyl (C=O) groups is 1. The molecule has 0 saturated carbocycles. The topological polar surface area (TPSA) is 126 Å². The molecule has 5 aromatic rings. The van der Waals surface area contributed by atoms with Gasteiger partial charge < -0.3 is 20.1 Å². The SMILES string of the molecule is C.C.COc1ccc(C(C)(C)c2ccc(C(C)(c3ccc(CO)cc3)c3ccc(OC)cc3)cc2)cc1.CS(=O)(=O)C1=CC(=[N+]=[N-])C(=O)c2ccccc21. The highest BCUT2D eigenvalue weighted by Gasteiger charge is 2.34. The molecule has 1 N–H and O–H groups in total. The van der Waals surface area contributed by atoms with Crippen molar-refractivity contribution in [2.24, 2.45) is 0 Å². The number of hydrogen-bond acceptors (Lipinski definition) is 6. The minimum Gasteiger partial charge on any atom is -0.497 e. The maximum absolute atomic E-state index is 11.8. The molecule has 1 unspecified atom stereocenters. The summed E-state index contributed by atoms with van der Waals surface area (Å²) in [6.07, 6.45) is 2.13. The Morgan fingerprint density at radius 3 is 1.44 bits per heavy atom. The smallest absolute Gasteiger partial charge is 0.364 e. The third-order valence-corrected chi connectivity index (χ3v) is 11.0. The highest BCUT2D eigenvalue weighted by Crippen LogP contribution is 2.41. The summed E-state index contributed by atoms with van der Waals surface area (Å²) in [7, 11) is -0.113. The van der Waals surface area contributed by atoms with Gasteiger partial charge in [-0.15, -0.1) is 0 Å². The van der Waals surface area contributed by atoms with Crippen molar-refractivity contribution in [1.29, 1.82) is 0 Å². The van der Waals surface area contributed by atoms with E-state index in [1.807, 2.05) is 36.4 Å². The number of fused-ring (bicyclic) bond motifs is 1. The van der Waals surface area contributed by atoms with Gasteiger partial charge in [-0.1, -0.05) is 126 Å². The molecule has 0 amide bonds. The van der Waals surface area contributed by atoms with Gasteiger partial charge in [-0.05, 0) is 64.6 Å². The Bertz CT molecular complexity index is 2200. The summed E-state index contributed by atoms with van der Waals surface area (Å²) in [6.45, 7) is 6.79. The lowest BCUT2D eigenvalue weighted by atomic mass is 9.70. The van der Waals surface area contributed by atoms with Crippen molar-refractivity contribution in [3.05, 3.63) is 177 Å². The first-order valence-electron chi connectivity index (χ1n) is 16.7. The van der Waals surface area contributed by atoms with E-state index in [-0.39, 0.29) is 48.5 Å². The molecule has 54 heavy (non-hydrogen) atoms. The zero-order chi connectivity index (χ0) is 37.7. The molecule has 1 aliphatic rings. The number of benzene rings is 5. The van der Waals surface area contributed by atoms with E-state index in [4.69, 9.17) is 15.0 Å². The number of Topliss-reactive ketones (excluding diaryl/α,β-unsaturated/α-hetero) is 1. The van der Waals surface area contributed by atoms with Gasteiger partial charge in [0.25, 0.3) is 5.78 Å². The van der Waals surface area contributed by atoms with E-state index in [0.717, 1.165) is 29.4 Å². The first-order valence-corrected chi connectivity index (χ1v) is 18.5. The number of hydrogen-bond donors (Lipinski definition) is 1. The first kappa shape index (κ1) is 42.8. The number of ether oxygens (including phenoxy) is 2. The van der Waals surface area contributed by atoms with Crippen LogP contribution in [0.25, 0.3) is 10.4 Å². The van der Waals surface area contributed by atoms with Crippen molar-refractivity contribution in [1.82, 2.24) is 0 Å². The van der Waals surface area contributed by atoms with Crippen molar-refractivity contribution >= 4 is 26.2 Å². The summed E-state index contributed by atoms with van der Waals surface area (Å²) in [5.74, 6) is 1.21. The molecule has 0 heterocycles. The predicted molar refractivity (Wildman–Crippen MR) is 218 cm³/mol. The maximum atomic E-state index is 11.8. The maximum Gasteiger partial charge on any atom is 0.364 e. The monoisotopic (exact) mass is 746 g/mol. The summed E-state index contributed by atoms with van der Waals surface area (Å²) in [4.78, 5) is 14.6. The van der Waals surface area contributed by atoms with E-state index < -0.39 is 15.6 Å². The average molecular weight is 747 g/mol. The van der Waals surface area contributed by atoms with Crippen LogP contribution in [0.5, 0.6) is 11.5 Å². The number of aliphatic hydroxyl groups is 1. The fourth-order valence-electron chi connectivity index (χ4n) is 6.44. The minimum atomic E-state index is -3.49. The molecule has 0 saturated heterocycles. The van der Waals surface area contributed by atoms with E-state index in [9.17, 15) is 18.3 Å². The van der Waals surface area contributed by atoms with Gasteiger partial charge in [0.1, 0.15) is 11.5 Å². The van der Waals surface area contributed by atoms with Crippen molar-refractivity contribution in [3.63, 3.8) is 0 Å². The number of aliphatic hydroxyl groups excluding tert-OH is 1. The van der Waals surface area contributed by atoms with Crippen LogP contribution in [0.4, 0.5) is 0 Å². The molecule has 0 spiro atoms. The summed E-state index contributed by atoms with van der Waals surface area (Å²) in [6, 6.07) is 40.1. The molecule has 8 nitrogen and oxygen atoms in total. The molecule has 1 atom stereocenters. The quantitative estimate of drug-likeness (QED) is 0.0911. The van der Waals surface area contributed by atoms with Crippen LogP contribution in [-0.4, -0.2) is 50.3 Å². The zero-order valence-electron chi connectivity index (χ0n) is 30.1. The van der Waals surface area contributed by atoms with Gasteiger partial charge in [0, 0.05) is 28.2 Å². The van der Waals surface area contributed by atoms with Gasteiger partial charge in [-0.3, -0.25) is 4.79 Å². The minimum absolute atomic E-state index is 0. The Morgan fingerprint density at radius 1 is 0.648 bits per heavy atom. The third-order valence-electron chi connectivity index (χ3n) is 9.82. The highest BCUT2D eigenvalue weighted by molar-refractivity contribution is 8.00. The van der Waals surface area contributed by atoms with Crippen LogP contribution in [-0.2, 0) is 27.3 Å². The molecular weight excluding hydrogens is 697 g/mol.